The van der Waals surface area contributed by atoms with Crippen LogP contribution in [-0.2, 0) is 4.43 Å². The second-order valence-electron chi connectivity index (χ2n) is 14.0. The van der Waals surface area contributed by atoms with Crippen LogP contribution in [0.4, 0.5) is 0 Å². The van der Waals surface area contributed by atoms with Gasteiger partial charge in [0, 0.05) is 6.10 Å². The van der Waals surface area contributed by atoms with Crippen LogP contribution in [0.3, 0.4) is 0 Å². The van der Waals surface area contributed by atoms with Gasteiger partial charge in [-0.25, -0.2) is 0 Å². The lowest BCUT2D eigenvalue weighted by molar-refractivity contribution is -0.123. The van der Waals surface area contributed by atoms with Crippen molar-refractivity contribution >= 4 is 8.32 Å². The number of hydrogen-bond donors (Lipinski definition) is 0. The lowest BCUT2D eigenvalue weighted by atomic mass is 9.44. The smallest absolute Gasteiger partial charge is 0.192 e. The standard InChI is InChI=1S/C28H50OSi/c1-19(2)23-12-13-24-22-11-10-20-18-21(29-30(8,9)26(3,4)5)14-16-27(20,6)25(22)15-17-28(23,24)7/h20-25H,1,10-18H2,2-9H3/t20-,21-,22+,23-,24+,25+,27+,28-/m1/s1. The highest BCUT2D eigenvalue weighted by atomic mass is 28.4. The van der Waals surface area contributed by atoms with Crippen LogP contribution in [0.5, 0.6) is 0 Å². The zero-order valence-electron chi connectivity index (χ0n) is 21.4. The first-order valence-corrected chi connectivity index (χ1v) is 16.0. The van der Waals surface area contributed by atoms with E-state index >= 15 is 0 Å². The van der Waals surface area contributed by atoms with E-state index in [1.807, 2.05) is 0 Å². The summed E-state index contributed by atoms with van der Waals surface area (Å²) < 4.78 is 6.93. The maximum Gasteiger partial charge on any atom is 0.192 e. The van der Waals surface area contributed by atoms with E-state index in [0.29, 0.717) is 22.0 Å². The fourth-order valence-electron chi connectivity index (χ4n) is 8.73. The Bertz CT molecular complexity index is 675. The van der Waals surface area contributed by atoms with Crippen molar-refractivity contribution in [2.75, 3.05) is 0 Å². The fraction of sp³-hybridized carbons (Fsp3) is 0.929. The van der Waals surface area contributed by atoms with Crippen molar-refractivity contribution in [3.8, 4) is 0 Å². The Balaban J connectivity index is 1.48. The molecule has 0 amide bonds. The van der Waals surface area contributed by atoms with Gasteiger partial charge in [0.05, 0.1) is 0 Å². The third kappa shape index (κ3) is 3.51. The number of rotatable bonds is 3. The Morgan fingerprint density at radius 1 is 0.900 bits per heavy atom. The highest BCUT2D eigenvalue weighted by molar-refractivity contribution is 6.74. The lowest BCUT2D eigenvalue weighted by Gasteiger charge is -2.61. The van der Waals surface area contributed by atoms with Crippen molar-refractivity contribution < 1.29 is 4.43 Å². The first kappa shape index (κ1) is 23.1. The Kier molecular flexibility index (Phi) is 5.75. The summed E-state index contributed by atoms with van der Waals surface area (Å²) in [4.78, 5) is 0. The molecular weight excluding hydrogens is 380 g/mol. The molecule has 0 aliphatic heterocycles. The highest BCUT2D eigenvalue weighted by Gasteiger charge is 2.60. The van der Waals surface area contributed by atoms with Crippen molar-refractivity contribution in [3.63, 3.8) is 0 Å². The molecule has 4 aliphatic rings. The average Bonchev–Trinajstić information content (AvgIpc) is 2.98. The van der Waals surface area contributed by atoms with Crippen molar-refractivity contribution in [3.05, 3.63) is 12.2 Å². The summed E-state index contributed by atoms with van der Waals surface area (Å²) in [6, 6.07) is 0. The van der Waals surface area contributed by atoms with Crippen LogP contribution in [0.25, 0.3) is 0 Å². The first-order valence-electron chi connectivity index (χ1n) is 13.1. The molecule has 1 nitrogen and oxygen atoms in total. The molecule has 0 heterocycles. The van der Waals surface area contributed by atoms with E-state index in [0.717, 1.165) is 29.6 Å². The van der Waals surface area contributed by atoms with E-state index in [-0.39, 0.29) is 0 Å². The zero-order chi connectivity index (χ0) is 22.1. The van der Waals surface area contributed by atoms with Crippen LogP contribution in [0, 0.1) is 40.4 Å². The zero-order valence-corrected chi connectivity index (χ0v) is 22.4. The fourth-order valence-corrected chi connectivity index (χ4v) is 10.1. The van der Waals surface area contributed by atoms with Crippen LogP contribution < -0.4 is 0 Å². The molecule has 0 unspecified atom stereocenters. The van der Waals surface area contributed by atoms with E-state index in [1.54, 1.807) is 0 Å². The predicted octanol–water partition coefficient (Wildman–Crippen LogP) is 8.61. The van der Waals surface area contributed by atoms with Crippen molar-refractivity contribution in [2.24, 2.45) is 40.4 Å². The molecule has 0 bridgehead atoms. The van der Waals surface area contributed by atoms with Crippen LogP contribution in [0.2, 0.25) is 18.1 Å². The number of allylic oxidation sites excluding steroid dienone is 1. The molecule has 4 fully saturated rings. The van der Waals surface area contributed by atoms with E-state index in [2.05, 4.69) is 61.2 Å². The quantitative estimate of drug-likeness (QED) is 0.321. The minimum Gasteiger partial charge on any atom is -0.414 e. The molecule has 4 aliphatic carbocycles. The van der Waals surface area contributed by atoms with Crippen LogP contribution in [-0.4, -0.2) is 14.4 Å². The first-order chi connectivity index (χ1) is 13.8. The molecule has 172 valence electrons. The maximum absolute atomic E-state index is 6.93. The molecule has 2 heteroatoms. The largest absolute Gasteiger partial charge is 0.414 e. The summed E-state index contributed by atoms with van der Waals surface area (Å²) in [6.07, 6.45) is 13.3. The Hall–Kier alpha value is -0.0831. The lowest BCUT2D eigenvalue weighted by Crippen LogP contribution is -2.55. The monoisotopic (exact) mass is 430 g/mol. The minimum atomic E-state index is -1.66. The van der Waals surface area contributed by atoms with Gasteiger partial charge in [-0.05, 0) is 123 Å². The van der Waals surface area contributed by atoms with Crippen LogP contribution in [0.1, 0.15) is 99.3 Å². The van der Waals surface area contributed by atoms with Crippen molar-refractivity contribution in [1.82, 2.24) is 0 Å². The molecule has 0 spiro atoms. The predicted molar refractivity (Wildman–Crippen MR) is 132 cm³/mol. The minimum absolute atomic E-state index is 0.321. The molecule has 0 radical (unpaired) electrons. The topological polar surface area (TPSA) is 9.23 Å². The van der Waals surface area contributed by atoms with E-state index in [4.69, 9.17) is 4.43 Å². The number of hydrogen-bond acceptors (Lipinski definition) is 1. The van der Waals surface area contributed by atoms with Gasteiger partial charge in [0.25, 0.3) is 0 Å². The average molecular weight is 431 g/mol. The van der Waals surface area contributed by atoms with Gasteiger partial charge >= 0.3 is 0 Å². The van der Waals surface area contributed by atoms with Gasteiger partial charge in [0.1, 0.15) is 0 Å². The Labute approximate surface area is 188 Å². The van der Waals surface area contributed by atoms with E-state index < -0.39 is 8.32 Å². The van der Waals surface area contributed by atoms with E-state index in [9.17, 15) is 0 Å². The molecule has 8 atom stereocenters. The molecule has 4 saturated carbocycles. The summed E-state index contributed by atoms with van der Waals surface area (Å²) in [5, 5.41) is 0.321. The van der Waals surface area contributed by atoms with Crippen LogP contribution in [0.15, 0.2) is 12.2 Å². The molecule has 0 aromatic carbocycles. The van der Waals surface area contributed by atoms with Gasteiger partial charge in [-0.2, -0.15) is 0 Å². The summed E-state index contributed by atoms with van der Waals surface area (Å²) in [5.41, 5.74) is 2.57. The summed E-state index contributed by atoms with van der Waals surface area (Å²) in [7, 11) is -1.66. The van der Waals surface area contributed by atoms with Gasteiger partial charge in [-0.1, -0.05) is 46.8 Å². The second-order valence-corrected chi connectivity index (χ2v) is 18.7. The molecule has 0 aromatic rings. The summed E-state index contributed by atoms with van der Waals surface area (Å²) in [5.74, 6) is 4.57. The molecule has 30 heavy (non-hydrogen) atoms. The summed E-state index contributed by atoms with van der Waals surface area (Å²) >= 11 is 0. The maximum atomic E-state index is 6.93. The molecule has 0 N–H and O–H groups in total. The molecule has 0 saturated heterocycles. The normalized spacial score (nSPS) is 46.7. The van der Waals surface area contributed by atoms with Gasteiger partial charge < -0.3 is 4.43 Å². The third-order valence-electron chi connectivity index (χ3n) is 11.5. The summed E-state index contributed by atoms with van der Waals surface area (Å²) in [6.45, 7) is 24.1. The molecule has 0 aromatic heterocycles. The third-order valence-corrected chi connectivity index (χ3v) is 16.0. The highest BCUT2D eigenvalue weighted by Crippen LogP contribution is 2.68. The van der Waals surface area contributed by atoms with Gasteiger partial charge in [0.2, 0.25) is 0 Å². The Morgan fingerprint density at radius 3 is 2.17 bits per heavy atom. The molecule has 4 rings (SSSR count). The van der Waals surface area contributed by atoms with Crippen molar-refractivity contribution in [1.29, 1.82) is 0 Å². The van der Waals surface area contributed by atoms with Gasteiger partial charge in [-0.3, -0.25) is 0 Å². The van der Waals surface area contributed by atoms with E-state index in [1.165, 1.54) is 63.4 Å². The number of fused-ring (bicyclic) bond motifs is 5. The SMILES string of the molecule is C=C(C)[C@H]1CC[C@H]2[C@@H]3CC[C@@H]4C[C@H](O[Si](C)(C)C(C)(C)C)CC[C@]4(C)[C@H]3CC[C@]12C. The Morgan fingerprint density at radius 2 is 1.53 bits per heavy atom. The second kappa shape index (κ2) is 7.47. The van der Waals surface area contributed by atoms with Crippen molar-refractivity contribution in [2.45, 2.75) is 124 Å². The van der Waals surface area contributed by atoms with Gasteiger partial charge in [-0.15, -0.1) is 0 Å². The molecular formula is C28H50OSi. The van der Waals surface area contributed by atoms with Gasteiger partial charge in [0.15, 0.2) is 8.32 Å². The van der Waals surface area contributed by atoms with Crippen LogP contribution >= 0.6 is 0 Å².